The Morgan fingerprint density at radius 2 is 1.31 bits per heavy atom. The number of aliphatic hydroxyl groups excluding tert-OH is 2. The lowest BCUT2D eigenvalue weighted by molar-refractivity contribution is 0.0220. The molecule has 4 atom stereocenters. The van der Waals surface area contributed by atoms with E-state index in [-0.39, 0.29) is 24.0 Å². The minimum absolute atomic E-state index is 0.252. The minimum Gasteiger partial charge on any atom is -0.388 e. The third kappa shape index (κ3) is 1.34. The molecule has 2 bridgehead atoms. The van der Waals surface area contributed by atoms with Crippen molar-refractivity contribution in [1.29, 1.82) is 0 Å². The zero-order valence-electron chi connectivity index (χ0n) is 7.74. The van der Waals surface area contributed by atoms with E-state index in [0.29, 0.717) is 0 Å². The fraction of sp³-hybridized carbons (Fsp3) is 0.636. The smallest absolute Gasteiger partial charge is 0.0778 e. The average Bonchev–Trinajstić information content (AvgIpc) is 2.09. The molecule has 0 aromatic heterocycles. The van der Waals surface area contributed by atoms with Crippen molar-refractivity contribution in [3.63, 3.8) is 0 Å². The summed E-state index contributed by atoms with van der Waals surface area (Å²) in [6, 6.07) is 0. The lowest BCUT2D eigenvalue weighted by Gasteiger charge is -2.42. The predicted molar refractivity (Wildman–Crippen MR) is 51.1 cm³/mol. The van der Waals surface area contributed by atoms with Gasteiger partial charge in [-0.2, -0.15) is 0 Å². The van der Waals surface area contributed by atoms with E-state index in [1.54, 1.807) is 0 Å². The van der Waals surface area contributed by atoms with Crippen LogP contribution in [0.4, 0.5) is 0 Å². The maximum Gasteiger partial charge on any atom is 0.0778 e. The second kappa shape index (κ2) is 2.96. The molecule has 2 fully saturated rings. The highest BCUT2D eigenvalue weighted by atomic mass is 16.3. The van der Waals surface area contributed by atoms with Gasteiger partial charge in [0.2, 0.25) is 0 Å². The standard InChI is InChI=1S/C11H16O2/c1-6-3-8-5-9(10(6)12)4-7(2)11(8)13/h8-13H,1-5H2. The van der Waals surface area contributed by atoms with Gasteiger partial charge >= 0.3 is 0 Å². The second-order valence-corrected chi connectivity index (χ2v) is 4.37. The summed E-state index contributed by atoms with van der Waals surface area (Å²) in [5.74, 6) is 0.504. The molecule has 2 nitrogen and oxygen atoms in total. The van der Waals surface area contributed by atoms with Gasteiger partial charge in [0.1, 0.15) is 0 Å². The lowest BCUT2D eigenvalue weighted by Crippen LogP contribution is -2.41. The number of aliphatic hydroxyl groups is 2. The maximum atomic E-state index is 9.77. The molecule has 2 aliphatic rings. The first-order valence-electron chi connectivity index (χ1n) is 4.81. The fourth-order valence-electron chi connectivity index (χ4n) is 2.62. The first-order valence-corrected chi connectivity index (χ1v) is 4.81. The summed E-state index contributed by atoms with van der Waals surface area (Å²) in [6.45, 7) is 7.69. The molecule has 0 aromatic rings. The van der Waals surface area contributed by atoms with Gasteiger partial charge in [0.05, 0.1) is 12.2 Å². The Labute approximate surface area is 78.6 Å². The lowest BCUT2D eigenvalue weighted by atomic mass is 9.66. The summed E-state index contributed by atoms with van der Waals surface area (Å²) in [4.78, 5) is 0. The SMILES string of the molecule is C=C1CC2CC(CC(=C)C2O)C1O. The molecule has 0 saturated heterocycles. The molecule has 2 rings (SSSR count). The normalized spacial score (nSPS) is 45.1. The molecule has 0 aliphatic heterocycles. The van der Waals surface area contributed by atoms with Crippen molar-refractivity contribution in [1.82, 2.24) is 0 Å². The first-order chi connectivity index (χ1) is 6.09. The van der Waals surface area contributed by atoms with E-state index in [4.69, 9.17) is 0 Å². The zero-order chi connectivity index (χ0) is 9.59. The summed E-state index contributed by atoms with van der Waals surface area (Å²) in [6.07, 6.45) is 1.66. The van der Waals surface area contributed by atoms with Crippen LogP contribution in [0, 0.1) is 11.8 Å². The Balaban J connectivity index is 2.21. The molecule has 0 amide bonds. The van der Waals surface area contributed by atoms with Crippen LogP contribution in [-0.4, -0.2) is 22.4 Å². The van der Waals surface area contributed by atoms with Crippen LogP contribution < -0.4 is 0 Å². The van der Waals surface area contributed by atoms with E-state index in [9.17, 15) is 10.2 Å². The molecule has 13 heavy (non-hydrogen) atoms. The van der Waals surface area contributed by atoms with Crippen molar-refractivity contribution in [2.75, 3.05) is 0 Å². The molecule has 4 unspecified atom stereocenters. The Morgan fingerprint density at radius 1 is 0.923 bits per heavy atom. The molecule has 2 saturated carbocycles. The van der Waals surface area contributed by atoms with Crippen LogP contribution >= 0.6 is 0 Å². The summed E-state index contributed by atoms with van der Waals surface area (Å²) < 4.78 is 0. The third-order valence-electron chi connectivity index (χ3n) is 3.38. The molecule has 72 valence electrons. The molecule has 0 heterocycles. The van der Waals surface area contributed by atoms with Gasteiger partial charge in [0, 0.05) is 0 Å². The van der Waals surface area contributed by atoms with Gasteiger partial charge in [-0.1, -0.05) is 13.2 Å². The summed E-state index contributed by atoms with van der Waals surface area (Å²) in [5, 5.41) is 19.5. The Kier molecular flexibility index (Phi) is 2.05. The molecule has 0 spiro atoms. The molecule has 2 heteroatoms. The van der Waals surface area contributed by atoms with Gasteiger partial charge < -0.3 is 10.2 Å². The summed E-state index contributed by atoms with van der Waals surface area (Å²) >= 11 is 0. The second-order valence-electron chi connectivity index (χ2n) is 4.37. The van der Waals surface area contributed by atoms with Crippen molar-refractivity contribution in [2.45, 2.75) is 31.5 Å². The van der Waals surface area contributed by atoms with Gasteiger partial charge in [-0.3, -0.25) is 0 Å². The molecule has 2 N–H and O–H groups in total. The largest absolute Gasteiger partial charge is 0.388 e. The van der Waals surface area contributed by atoms with Gasteiger partial charge in [0.15, 0.2) is 0 Å². The number of hydrogen-bond donors (Lipinski definition) is 2. The Hall–Kier alpha value is -0.600. The van der Waals surface area contributed by atoms with Crippen LogP contribution in [-0.2, 0) is 0 Å². The van der Waals surface area contributed by atoms with Gasteiger partial charge in [0.25, 0.3) is 0 Å². The molecule has 2 aliphatic carbocycles. The van der Waals surface area contributed by atoms with E-state index in [2.05, 4.69) is 13.2 Å². The topological polar surface area (TPSA) is 40.5 Å². The zero-order valence-corrected chi connectivity index (χ0v) is 7.74. The van der Waals surface area contributed by atoms with Gasteiger partial charge in [-0.25, -0.2) is 0 Å². The van der Waals surface area contributed by atoms with Crippen molar-refractivity contribution >= 4 is 0 Å². The maximum absolute atomic E-state index is 9.77. The van der Waals surface area contributed by atoms with E-state index in [0.717, 1.165) is 30.4 Å². The highest BCUT2D eigenvalue weighted by molar-refractivity contribution is 5.20. The molecular formula is C11H16O2. The first kappa shape index (κ1) is 8.97. The van der Waals surface area contributed by atoms with E-state index >= 15 is 0 Å². The van der Waals surface area contributed by atoms with Crippen molar-refractivity contribution in [3.8, 4) is 0 Å². The summed E-state index contributed by atoms with van der Waals surface area (Å²) in [5.41, 5.74) is 1.76. The van der Waals surface area contributed by atoms with Crippen LogP contribution in [0.25, 0.3) is 0 Å². The van der Waals surface area contributed by atoms with E-state index in [1.807, 2.05) is 0 Å². The van der Waals surface area contributed by atoms with Crippen LogP contribution in [0.1, 0.15) is 19.3 Å². The van der Waals surface area contributed by atoms with Gasteiger partial charge in [-0.15, -0.1) is 0 Å². The van der Waals surface area contributed by atoms with E-state index < -0.39 is 0 Å². The van der Waals surface area contributed by atoms with Crippen LogP contribution in [0.5, 0.6) is 0 Å². The highest BCUT2D eigenvalue weighted by Crippen LogP contribution is 2.43. The highest BCUT2D eigenvalue weighted by Gasteiger charge is 2.40. The van der Waals surface area contributed by atoms with Crippen LogP contribution in [0.2, 0.25) is 0 Å². The predicted octanol–water partition coefficient (Wildman–Crippen LogP) is 1.25. The number of rotatable bonds is 0. The van der Waals surface area contributed by atoms with Crippen LogP contribution in [0.3, 0.4) is 0 Å². The molecular weight excluding hydrogens is 164 g/mol. The van der Waals surface area contributed by atoms with Crippen LogP contribution in [0.15, 0.2) is 24.3 Å². The minimum atomic E-state index is -0.375. The molecule has 0 radical (unpaired) electrons. The van der Waals surface area contributed by atoms with Crippen molar-refractivity contribution in [3.05, 3.63) is 24.3 Å². The van der Waals surface area contributed by atoms with Gasteiger partial charge in [-0.05, 0) is 42.2 Å². The van der Waals surface area contributed by atoms with Crippen molar-refractivity contribution < 1.29 is 10.2 Å². The average molecular weight is 180 g/mol. The van der Waals surface area contributed by atoms with Crippen molar-refractivity contribution in [2.24, 2.45) is 11.8 Å². The quantitative estimate of drug-likeness (QED) is 0.551. The fourth-order valence-corrected chi connectivity index (χ4v) is 2.62. The number of fused-ring (bicyclic) bond motifs is 2. The Bertz CT molecular complexity index is 231. The summed E-state index contributed by atoms with van der Waals surface area (Å²) in [7, 11) is 0. The Morgan fingerprint density at radius 3 is 1.69 bits per heavy atom. The van der Waals surface area contributed by atoms with E-state index in [1.165, 1.54) is 0 Å². The third-order valence-corrected chi connectivity index (χ3v) is 3.38. The monoisotopic (exact) mass is 180 g/mol. The molecule has 0 aromatic carbocycles. The number of hydrogen-bond acceptors (Lipinski definition) is 2.